The Kier molecular flexibility index (Phi) is 6.53. The first kappa shape index (κ1) is 24.7. The van der Waals surface area contributed by atoms with Crippen LogP contribution in [0, 0.1) is 6.92 Å². The van der Waals surface area contributed by atoms with Gasteiger partial charge in [-0.3, -0.25) is 9.89 Å². The molecule has 3 heterocycles. The molecule has 0 radical (unpaired) electrons. The first-order valence-corrected chi connectivity index (χ1v) is 13.8. The summed E-state index contributed by atoms with van der Waals surface area (Å²) < 4.78 is 24.3. The summed E-state index contributed by atoms with van der Waals surface area (Å²) in [7, 11) is -3.36. The van der Waals surface area contributed by atoms with E-state index in [4.69, 9.17) is 4.98 Å². The molecule has 4 aromatic rings. The third-order valence-corrected chi connectivity index (χ3v) is 7.74. The second-order valence-corrected chi connectivity index (χ2v) is 11.0. The summed E-state index contributed by atoms with van der Waals surface area (Å²) in [5, 5.41) is 20.9. The number of amides is 1. The van der Waals surface area contributed by atoms with Crippen molar-refractivity contribution in [3.05, 3.63) is 70.9 Å². The number of nitrogens with zero attached hydrogens (tertiary/aromatic N) is 3. The lowest BCUT2D eigenvalue weighted by atomic mass is 10.0. The highest BCUT2D eigenvalue weighted by molar-refractivity contribution is 7.90. The van der Waals surface area contributed by atoms with Crippen molar-refractivity contribution in [1.29, 1.82) is 0 Å². The maximum Gasteiger partial charge on any atom is 0.254 e. The number of benzene rings is 2. The smallest absolute Gasteiger partial charge is 0.254 e. The standard InChI is InChI=1S/C27H27N5O4S/c1-17-18(4-3-5-24(17)37(2,35)36)8-11-22-25-21(27(34)32-14-12-28-13-15-32)16-23(29-26(25)31-30-22)19-6-9-20(33)10-7-19/h3-11,16,28,33H,12-15H2,1-2H3,(H,29,30,31). The summed E-state index contributed by atoms with van der Waals surface area (Å²) in [6.45, 7) is 4.40. The van der Waals surface area contributed by atoms with E-state index in [0.29, 0.717) is 46.6 Å². The van der Waals surface area contributed by atoms with Crippen LogP contribution < -0.4 is 5.32 Å². The van der Waals surface area contributed by atoms with Crippen molar-refractivity contribution in [2.24, 2.45) is 0 Å². The first-order chi connectivity index (χ1) is 17.7. The van der Waals surface area contributed by atoms with Crippen LogP contribution >= 0.6 is 0 Å². The average molecular weight is 518 g/mol. The van der Waals surface area contributed by atoms with Gasteiger partial charge in [-0.05, 0) is 60.5 Å². The minimum absolute atomic E-state index is 0.111. The lowest BCUT2D eigenvalue weighted by Gasteiger charge is -2.27. The summed E-state index contributed by atoms with van der Waals surface area (Å²) in [5.74, 6) is 0.0337. The number of phenolic OH excluding ortho intramolecular Hbond substituents is 1. The van der Waals surface area contributed by atoms with Gasteiger partial charge in [0, 0.05) is 38.0 Å². The second kappa shape index (κ2) is 9.79. The van der Waals surface area contributed by atoms with Crippen LogP contribution in [0.4, 0.5) is 0 Å². The van der Waals surface area contributed by atoms with Gasteiger partial charge < -0.3 is 15.3 Å². The van der Waals surface area contributed by atoms with Crippen molar-refractivity contribution in [3.8, 4) is 17.0 Å². The van der Waals surface area contributed by atoms with Crippen molar-refractivity contribution in [2.75, 3.05) is 32.4 Å². The van der Waals surface area contributed by atoms with Crippen LogP contribution in [-0.4, -0.2) is 71.9 Å². The van der Waals surface area contributed by atoms with Gasteiger partial charge in [-0.25, -0.2) is 13.4 Å². The van der Waals surface area contributed by atoms with E-state index >= 15 is 0 Å². The van der Waals surface area contributed by atoms with Crippen molar-refractivity contribution in [3.63, 3.8) is 0 Å². The van der Waals surface area contributed by atoms with E-state index in [1.54, 1.807) is 61.5 Å². The van der Waals surface area contributed by atoms with Gasteiger partial charge in [0.1, 0.15) is 5.75 Å². The molecule has 10 heteroatoms. The number of nitrogens with one attached hydrogen (secondary N) is 2. The molecule has 1 saturated heterocycles. The summed E-state index contributed by atoms with van der Waals surface area (Å²) in [6, 6.07) is 13.5. The molecule has 1 aliphatic heterocycles. The van der Waals surface area contributed by atoms with E-state index < -0.39 is 9.84 Å². The Morgan fingerprint density at radius 2 is 1.81 bits per heavy atom. The molecule has 0 unspecified atom stereocenters. The molecule has 1 amide bonds. The zero-order valence-corrected chi connectivity index (χ0v) is 21.3. The molecule has 0 aliphatic carbocycles. The van der Waals surface area contributed by atoms with Crippen LogP contribution in [0.1, 0.15) is 27.2 Å². The molecule has 3 N–H and O–H groups in total. The molecule has 0 atom stereocenters. The summed E-state index contributed by atoms with van der Waals surface area (Å²) in [4.78, 5) is 20.5. The van der Waals surface area contributed by atoms with Gasteiger partial charge in [0.15, 0.2) is 15.5 Å². The highest BCUT2D eigenvalue weighted by atomic mass is 32.2. The van der Waals surface area contributed by atoms with Crippen LogP contribution in [0.2, 0.25) is 0 Å². The van der Waals surface area contributed by atoms with E-state index in [1.807, 2.05) is 11.0 Å². The van der Waals surface area contributed by atoms with Crippen LogP contribution in [0.25, 0.3) is 34.4 Å². The molecule has 2 aromatic carbocycles. The fraction of sp³-hybridized carbons (Fsp3) is 0.222. The lowest BCUT2D eigenvalue weighted by Crippen LogP contribution is -2.46. The number of carbonyl (C=O) groups is 1. The SMILES string of the molecule is Cc1c(C=Cc2n[nH]c3nc(-c4ccc(O)cc4)cc(C(=O)N4CCNCC4)c23)cccc1S(C)(=O)=O. The Morgan fingerprint density at radius 3 is 2.51 bits per heavy atom. The number of aromatic amines is 1. The molecular weight excluding hydrogens is 490 g/mol. The maximum absolute atomic E-state index is 13.7. The molecule has 1 aliphatic rings. The number of carbonyl (C=O) groups excluding carboxylic acids is 1. The Labute approximate surface area is 214 Å². The quantitative estimate of drug-likeness (QED) is 0.371. The van der Waals surface area contributed by atoms with E-state index in [9.17, 15) is 18.3 Å². The van der Waals surface area contributed by atoms with E-state index in [1.165, 1.54) is 6.26 Å². The molecule has 0 spiro atoms. The Morgan fingerprint density at radius 1 is 1.08 bits per heavy atom. The molecule has 5 rings (SSSR count). The second-order valence-electron chi connectivity index (χ2n) is 9.05. The molecule has 2 aromatic heterocycles. The number of piperazine rings is 1. The van der Waals surface area contributed by atoms with Crippen molar-refractivity contribution >= 4 is 38.9 Å². The highest BCUT2D eigenvalue weighted by Crippen LogP contribution is 2.29. The number of aromatic hydroxyl groups is 1. The Balaban J connectivity index is 1.62. The van der Waals surface area contributed by atoms with Gasteiger partial charge in [-0.1, -0.05) is 18.2 Å². The molecule has 9 nitrogen and oxygen atoms in total. The number of H-pyrrole nitrogens is 1. The van der Waals surface area contributed by atoms with Crippen LogP contribution in [-0.2, 0) is 9.84 Å². The van der Waals surface area contributed by atoms with Gasteiger partial charge in [0.2, 0.25) is 0 Å². The maximum atomic E-state index is 13.7. The first-order valence-electron chi connectivity index (χ1n) is 11.9. The van der Waals surface area contributed by atoms with Crippen LogP contribution in [0.5, 0.6) is 5.75 Å². The Hall–Kier alpha value is -4.02. The molecular formula is C27H27N5O4S. The fourth-order valence-electron chi connectivity index (χ4n) is 4.54. The zero-order chi connectivity index (χ0) is 26.2. The minimum Gasteiger partial charge on any atom is -0.508 e. The normalized spacial score (nSPS) is 14.5. The van der Waals surface area contributed by atoms with Gasteiger partial charge in [0.25, 0.3) is 5.91 Å². The van der Waals surface area contributed by atoms with Gasteiger partial charge >= 0.3 is 0 Å². The summed E-state index contributed by atoms with van der Waals surface area (Å²) in [6.07, 6.45) is 4.76. The number of hydrogen-bond acceptors (Lipinski definition) is 7. The third kappa shape index (κ3) is 4.98. The number of hydrogen-bond donors (Lipinski definition) is 3. The average Bonchev–Trinajstić information content (AvgIpc) is 3.30. The van der Waals surface area contributed by atoms with Crippen molar-refractivity contribution in [1.82, 2.24) is 25.4 Å². The van der Waals surface area contributed by atoms with Gasteiger partial charge in [0.05, 0.1) is 27.2 Å². The topological polar surface area (TPSA) is 128 Å². The highest BCUT2D eigenvalue weighted by Gasteiger charge is 2.24. The summed E-state index contributed by atoms with van der Waals surface area (Å²) >= 11 is 0. The van der Waals surface area contributed by atoms with Crippen molar-refractivity contribution < 1.29 is 18.3 Å². The fourth-order valence-corrected chi connectivity index (χ4v) is 5.54. The predicted molar refractivity (Wildman–Crippen MR) is 143 cm³/mol. The van der Waals surface area contributed by atoms with Gasteiger partial charge in [-0.15, -0.1) is 0 Å². The Bertz CT molecular complexity index is 1620. The largest absolute Gasteiger partial charge is 0.508 e. The number of rotatable bonds is 5. The molecule has 0 bridgehead atoms. The number of sulfone groups is 1. The van der Waals surface area contributed by atoms with Crippen molar-refractivity contribution in [2.45, 2.75) is 11.8 Å². The molecule has 190 valence electrons. The molecule has 37 heavy (non-hydrogen) atoms. The van der Waals surface area contributed by atoms with E-state index in [2.05, 4.69) is 15.5 Å². The van der Waals surface area contributed by atoms with Crippen LogP contribution in [0.15, 0.2) is 53.4 Å². The molecule has 1 fully saturated rings. The van der Waals surface area contributed by atoms with Gasteiger partial charge in [-0.2, -0.15) is 5.10 Å². The number of pyridine rings is 1. The minimum atomic E-state index is -3.36. The number of aromatic nitrogens is 3. The van der Waals surface area contributed by atoms with E-state index in [-0.39, 0.29) is 16.6 Å². The zero-order valence-electron chi connectivity index (χ0n) is 20.5. The number of fused-ring (bicyclic) bond motifs is 1. The lowest BCUT2D eigenvalue weighted by molar-refractivity contribution is 0.0737. The summed E-state index contributed by atoms with van der Waals surface area (Å²) in [5.41, 5.74) is 4.20. The third-order valence-electron chi connectivity index (χ3n) is 6.50. The van der Waals surface area contributed by atoms with E-state index in [0.717, 1.165) is 24.2 Å². The predicted octanol–water partition coefficient (Wildman–Crippen LogP) is 3.26. The monoisotopic (exact) mass is 517 g/mol. The molecule has 0 saturated carbocycles. The van der Waals surface area contributed by atoms with Crippen LogP contribution in [0.3, 0.4) is 0 Å². The number of phenols is 1.